The molecule has 1 aliphatic heterocycles. The molecule has 1 fully saturated rings. The quantitative estimate of drug-likeness (QED) is 0.500. The second-order valence-electron chi connectivity index (χ2n) is 7.95. The summed E-state index contributed by atoms with van der Waals surface area (Å²) in [5.74, 6) is -0.915. The van der Waals surface area contributed by atoms with E-state index in [-0.39, 0.29) is 16.0 Å². The maximum Gasteiger partial charge on any atom is 0.257 e. The Bertz CT molecular complexity index is 1300. The van der Waals surface area contributed by atoms with Crippen LogP contribution in [0.5, 0.6) is 0 Å². The summed E-state index contributed by atoms with van der Waals surface area (Å²) in [5.41, 5.74) is 1.32. The molecule has 34 heavy (non-hydrogen) atoms. The van der Waals surface area contributed by atoms with Gasteiger partial charge < -0.3 is 10.6 Å². The first-order valence-corrected chi connectivity index (χ1v) is 12.7. The lowest BCUT2D eigenvalue weighted by Gasteiger charge is -2.26. The van der Waals surface area contributed by atoms with Crippen LogP contribution in [-0.2, 0) is 10.0 Å². The molecule has 0 spiro atoms. The van der Waals surface area contributed by atoms with Crippen LogP contribution in [0.15, 0.2) is 77.7 Å². The molecule has 0 unspecified atom stereocenters. The van der Waals surface area contributed by atoms with Gasteiger partial charge in [0.05, 0.1) is 16.1 Å². The predicted octanol–water partition coefficient (Wildman–Crippen LogP) is 5.02. The molecule has 0 aromatic heterocycles. The molecule has 4 rings (SSSR count). The highest BCUT2D eigenvalue weighted by Gasteiger charge is 2.26. The molecule has 7 nitrogen and oxygen atoms in total. The number of nitrogens with one attached hydrogen (secondary N) is 2. The number of amides is 2. The van der Waals surface area contributed by atoms with Crippen LogP contribution < -0.4 is 10.6 Å². The van der Waals surface area contributed by atoms with Crippen LogP contribution in [0.25, 0.3) is 0 Å². The number of benzene rings is 3. The fraction of sp³-hybridized carbons (Fsp3) is 0.200. The molecule has 0 atom stereocenters. The maximum absolute atomic E-state index is 13.0. The van der Waals surface area contributed by atoms with Crippen molar-refractivity contribution < 1.29 is 18.0 Å². The van der Waals surface area contributed by atoms with E-state index in [1.165, 1.54) is 16.4 Å². The Kier molecular flexibility index (Phi) is 7.31. The Morgan fingerprint density at radius 2 is 1.50 bits per heavy atom. The highest BCUT2D eigenvalue weighted by Crippen LogP contribution is 2.23. The van der Waals surface area contributed by atoms with Crippen molar-refractivity contribution in [1.29, 1.82) is 0 Å². The molecule has 9 heteroatoms. The van der Waals surface area contributed by atoms with E-state index in [1.54, 1.807) is 60.7 Å². The molecule has 1 saturated heterocycles. The number of carbonyl (C=O) groups excluding carboxylic acids is 2. The largest absolute Gasteiger partial charge is 0.322 e. The molecule has 1 heterocycles. The second kappa shape index (κ2) is 10.4. The van der Waals surface area contributed by atoms with Crippen LogP contribution in [0.1, 0.15) is 40.0 Å². The summed E-state index contributed by atoms with van der Waals surface area (Å²) in [6.07, 6.45) is 2.67. The van der Waals surface area contributed by atoms with Crippen molar-refractivity contribution in [1.82, 2.24) is 4.31 Å². The number of para-hydroxylation sites is 1. The van der Waals surface area contributed by atoms with Gasteiger partial charge >= 0.3 is 0 Å². The van der Waals surface area contributed by atoms with E-state index in [1.807, 2.05) is 0 Å². The zero-order valence-corrected chi connectivity index (χ0v) is 19.9. The van der Waals surface area contributed by atoms with Gasteiger partial charge in [-0.3, -0.25) is 9.59 Å². The van der Waals surface area contributed by atoms with Gasteiger partial charge in [0.15, 0.2) is 0 Å². The van der Waals surface area contributed by atoms with Crippen molar-refractivity contribution in [2.24, 2.45) is 0 Å². The third-order valence-corrected chi connectivity index (χ3v) is 7.72. The van der Waals surface area contributed by atoms with Gasteiger partial charge in [-0.05, 0) is 67.4 Å². The van der Waals surface area contributed by atoms with Crippen molar-refractivity contribution in [3.05, 3.63) is 88.9 Å². The van der Waals surface area contributed by atoms with Crippen molar-refractivity contribution >= 4 is 44.8 Å². The van der Waals surface area contributed by atoms with Crippen LogP contribution in [0.3, 0.4) is 0 Å². The average molecular weight is 498 g/mol. The van der Waals surface area contributed by atoms with Crippen LogP contribution in [0.2, 0.25) is 5.02 Å². The van der Waals surface area contributed by atoms with Crippen molar-refractivity contribution in [2.45, 2.75) is 24.2 Å². The fourth-order valence-electron chi connectivity index (χ4n) is 3.77. The molecule has 3 aromatic rings. The molecule has 3 aromatic carbocycles. The van der Waals surface area contributed by atoms with Gasteiger partial charge in [-0.15, -0.1) is 0 Å². The highest BCUT2D eigenvalue weighted by molar-refractivity contribution is 7.89. The minimum Gasteiger partial charge on any atom is -0.322 e. The van der Waals surface area contributed by atoms with E-state index in [9.17, 15) is 18.0 Å². The summed E-state index contributed by atoms with van der Waals surface area (Å²) in [6, 6.07) is 19.2. The van der Waals surface area contributed by atoms with Crippen LogP contribution in [0.4, 0.5) is 11.4 Å². The molecule has 0 bridgehead atoms. The number of carbonyl (C=O) groups is 2. The van der Waals surface area contributed by atoms with Gasteiger partial charge in [-0.25, -0.2) is 8.42 Å². The Morgan fingerprint density at radius 1 is 0.794 bits per heavy atom. The Balaban J connectivity index is 1.53. The number of piperidine rings is 1. The Morgan fingerprint density at radius 3 is 2.24 bits per heavy atom. The van der Waals surface area contributed by atoms with Gasteiger partial charge in [0, 0.05) is 29.4 Å². The van der Waals surface area contributed by atoms with Gasteiger partial charge in [0.25, 0.3) is 11.8 Å². The van der Waals surface area contributed by atoms with Crippen LogP contribution in [0, 0.1) is 0 Å². The van der Waals surface area contributed by atoms with Crippen molar-refractivity contribution in [3.8, 4) is 0 Å². The standard InChI is InChI=1S/C25H24ClN3O4S/c26-19-11-13-20(14-12-19)27-25(31)22-9-2-3-10-23(22)28-24(30)18-7-6-8-21(17-18)34(32,33)29-15-4-1-5-16-29/h2-3,6-14,17H,1,4-5,15-16H2,(H,27,31)(H,28,30). The molecule has 0 radical (unpaired) electrons. The molecule has 1 aliphatic rings. The molecule has 0 aliphatic carbocycles. The molecule has 0 saturated carbocycles. The first-order chi connectivity index (χ1) is 16.3. The summed E-state index contributed by atoms with van der Waals surface area (Å²) in [7, 11) is -3.67. The van der Waals surface area contributed by atoms with Gasteiger partial charge in [-0.2, -0.15) is 4.31 Å². The minimum absolute atomic E-state index is 0.0795. The number of hydrogen-bond donors (Lipinski definition) is 2. The lowest BCUT2D eigenvalue weighted by Crippen LogP contribution is -2.35. The summed E-state index contributed by atoms with van der Waals surface area (Å²) >= 11 is 5.89. The predicted molar refractivity (Wildman–Crippen MR) is 133 cm³/mol. The van der Waals surface area contributed by atoms with E-state index < -0.39 is 21.8 Å². The lowest BCUT2D eigenvalue weighted by molar-refractivity contribution is 0.102. The summed E-state index contributed by atoms with van der Waals surface area (Å²) in [6.45, 7) is 0.962. The first kappa shape index (κ1) is 23.9. The first-order valence-electron chi connectivity index (χ1n) is 10.9. The molecular weight excluding hydrogens is 474 g/mol. The second-order valence-corrected chi connectivity index (χ2v) is 10.3. The third kappa shape index (κ3) is 5.47. The third-order valence-electron chi connectivity index (χ3n) is 5.57. The maximum atomic E-state index is 13.0. The van der Waals surface area contributed by atoms with E-state index in [4.69, 9.17) is 11.6 Å². The molecule has 2 amide bonds. The number of rotatable bonds is 6. The Labute approximate surface area is 203 Å². The van der Waals surface area contributed by atoms with Gasteiger partial charge in [0.2, 0.25) is 10.0 Å². The summed E-state index contributed by atoms with van der Waals surface area (Å²) in [4.78, 5) is 25.9. The molecular formula is C25H24ClN3O4S. The fourth-order valence-corrected chi connectivity index (χ4v) is 5.46. The van der Waals surface area contributed by atoms with Crippen molar-refractivity contribution in [2.75, 3.05) is 23.7 Å². The SMILES string of the molecule is O=C(Nc1ccccc1C(=O)Nc1ccc(Cl)cc1)c1cccc(S(=O)(=O)N2CCCCC2)c1. The van der Waals surface area contributed by atoms with E-state index in [2.05, 4.69) is 10.6 Å². The van der Waals surface area contributed by atoms with Gasteiger partial charge in [-0.1, -0.05) is 36.2 Å². The smallest absolute Gasteiger partial charge is 0.257 e. The van der Waals surface area contributed by atoms with E-state index >= 15 is 0 Å². The summed E-state index contributed by atoms with van der Waals surface area (Å²) < 4.78 is 27.4. The van der Waals surface area contributed by atoms with Gasteiger partial charge in [0.1, 0.15) is 0 Å². The van der Waals surface area contributed by atoms with Crippen molar-refractivity contribution in [3.63, 3.8) is 0 Å². The summed E-state index contributed by atoms with van der Waals surface area (Å²) in [5, 5.41) is 6.05. The average Bonchev–Trinajstić information content (AvgIpc) is 2.86. The zero-order chi connectivity index (χ0) is 24.1. The number of halogens is 1. The normalized spacial score (nSPS) is 14.4. The van der Waals surface area contributed by atoms with E-state index in [0.717, 1.165) is 19.3 Å². The van der Waals surface area contributed by atoms with Crippen LogP contribution >= 0.6 is 11.6 Å². The lowest BCUT2D eigenvalue weighted by atomic mass is 10.1. The van der Waals surface area contributed by atoms with Crippen LogP contribution in [-0.4, -0.2) is 37.6 Å². The van der Waals surface area contributed by atoms with E-state index in [0.29, 0.717) is 29.5 Å². The number of nitrogens with zero attached hydrogens (tertiary/aromatic N) is 1. The molecule has 176 valence electrons. The number of anilines is 2. The monoisotopic (exact) mass is 497 g/mol. The highest BCUT2D eigenvalue weighted by atomic mass is 35.5. The zero-order valence-electron chi connectivity index (χ0n) is 18.3. The number of sulfonamides is 1. The topological polar surface area (TPSA) is 95.6 Å². The minimum atomic E-state index is -3.67. The molecule has 2 N–H and O–H groups in total. The number of hydrogen-bond acceptors (Lipinski definition) is 4. The Hall–Kier alpha value is -3.20.